The van der Waals surface area contributed by atoms with Crippen LogP contribution in [0, 0.1) is 0 Å². The molecule has 8 nitrogen and oxygen atoms in total. The SMILES string of the molecule is COC(=O)c1cc(-c2ccncc2)ccc1NC(=O)COCC(=O)NC(c1ccccc1)c1ccccc1. The zero-order valence-electron chi connectivity index (χ0n) is 20.8. The summed E-state index contributed by atoms with van der Waals surface area (Å²) in [5, 5.41) is 5.63. The molecule has 0 fully saturated rings. The van der Waals surface area contributed by atoms with Gasteiger partial charge in [0.1, 0.15) is 13.2 Å². The quantitative estimate of drug-likeness (QED) is 0.307. The molecule has 0 unspecified atom stereocenters. The van der Waals surface area contributed by atoms with Gasteiger partial charge in [0.2, 0.25) is 11.8 Å². The maximum absolute atomic E-state index is 12.7. The summed E-state index contributed by atoms with van der Waals surface area (Å²) in [4.78, 5) is 41.6. The first kappa shape index (κ1) is 26.2. The van der Waals surface area contributed by atoms with Crippen LogP contribution >= 0.6 is 0 Å². The lowest BCUT2D eigenvalue weighted by Gasteiger charge is -2.20. The first-order valence-electron chi connectivity index (χ1n) is 11.9. The number of aromatic nitrogens is 1. The van der Waals surface area contributed by atoms with E-state index in [2.05, 4.69) is 15.6 Å². The average Bonchev–Trinajstić information content (AvgIpc) is 2.97. The van der Waals surface area contributed by atoms with Crippen LogP contribution < -0.4 is 10.6 Å². The van der Waals surface area contributed by atoms with Crippen molar-refractivity contribution in [1.82, 2.24) is 10.3 Å². The largest absolute Gasteiger partial charge is 0.465 e. The van der Waals surface area contributed by atoms with E-state index in [-0.39, 0.29) is 36.4 Å². The Hall–Kier alpha value is -4.82. The Balaban J connectivity index is 1.36. The molecule has 0 spiro atoms. The number of anilines is 1. The fourth-order valence-corrected chi connectivity index (χ4v) is 3.93. The highest BCUT2D eigenvalue weighted by Crippen LogP contribution is 2.26. The average molecular weight is 510 g/mol. The maximum atomic E-state index is 12.7. The van der Waals surface area contributed by atoms with Gasteiger partial charge in [-0.1, -0.05) is 66.7 Å². The molecule has 1 aromatic heterocycles. The second-order valence-corrected chi connectivity index (χ2v) is 8.35. The van der Waals surface area contributed by atoms with Gasteiger partial charge in [-0.3, -0.25) is 14.6 Å². The van der Waals surface area contributed by atoms with Crippen molar-refractivity contribution in [3.63, 3.8) is 0 Å². The Morgan fingerprint density at radius 3 is 1.97 bits per heavy atom. The van der Waals surface area contributed by atoms with Gasteiger partial charge in [0.25, 0.3) is 0 Å². The van der Waals surface area contributed by atoms with Crippen LogP contribution in [0.25, 0.3) is 11.1 Å². The number of amides is 2. The summed E-state index contributed by atoms with van der Waals surface area (Å²) in [6, 6.07) is 27.5. The van der Waals surface area contributed by atoms with Crippen LogP contribution in [-0.2, 0) is 19.1 Å². The molecule has 0 saturated heterocycles. The summed E-state index contributed by atoms with van der Waals surface area (Å²) in [5.74, 6) is -1.47. The molecule has 0 saturated carbocycles. The summed E-state index contributed by atoms with van der Waals surface area (Å²) in [6.45, 7) is -0.685. The normalized spacial score (nSPS) is 10.6. The maximum Gasteiger partial charge on any atom is 0.339 e. The van der Waals surface area contributed by atoms with Crippen molar-refractivity contribution in [2.75, 3.05) is 25.6 Å². The number of hydrogen-bond donors (Lipinski definition) is 2. The molecule has 2 N–H and O–H groups in total. The first-order valence-corrected chi connectivity index (χ1v) is 11.9. The minimum Gasteiger partial charge on any atom is -0.465 e. The molecule has 1 heterocycles. The molecule has 0 aliphatic heterocycles. The highest BCUT2D eigenvalue weighted by Gasteiger charge is 2.18. The minimum atomic E-state index is -0.593. The summed E-state index contributed by atoms with van der Waals surface area (Å²) in [6.07, 6.45) is 3.30. The van der Waals surface area contributed by atoms with Gasteiger partial charge in [0.05, 0.1) is 24.4 Å². The molecule has 0 radical (unpaired) electrons. The third-order valence-corrected chi connectivity index (χ3v) is 5.75. The van der Waals surface area contributed by atoms with E-state index in [9.17, 15) is 14.4 Å². The smallest absolute Gasteiger partial charge is 0.339 e. The number of rotatable bonds is 10. The van der Waals surface area contributed by atoms with Crippen LogP contribution in [0.15, 0.2) is 103 Å². The molecule has 2 amide bonds. The van der Waals surface area contributed by atoms with Gasteiger partial charge in [0, 0.05) is 12.4 Å². The van der Waals surface area contributed by atoms with E-state index in [0.29, 0.717) is 0 Å². The number of hydrogen-bond acceptors (Lipinski definition) is 6. The van der Waals surface area contributed by atoms with Crippen molar-refractivity contribution in [1.29, 1.82) is 0 Å². The fourth-order valence-electron chi connectivity index (χ4n) is 3.93. The Morgan fingerprint density at radius 1 is 0.763 bits per heavy atom. The Morgan fingerprint density at radius 2 is 1.37 bits per heavy atom. The number of carbonyl (C=O) groups excluding carboxylic acids is 3. The van der Waals surface area contributed by atoms with E-state index in [0.717, 1.165) is 22.3 Å². The fraction of sp³-hybridized carbons (Fsp3) is 0.133. The van der Waals surface area contributed by atoms with E-state index < -0.39 is 11.9 Å². The van der Waals surface area contributed by atoms with Gasteiger partial charge in [-0.15, -0.1) is 0 Å². The zero-order chi connectivity index (χ0) is 26.7. The standard InChI is InChI=1S/C30H27N3O5/c1-37-30(36)25-18-24(21-14-16-31-17-15-21)12-13-26(25)32-27(34)19-38-20-28(35)33-29(22-8-4-2-5-9-22)23-10-6-3-7-11-23/h2-18,29H,19-20H2,1H3,(H,32,34)(H,33,35). The molecule has 3 aromatic carbocycles. The number of ether oxygens (including phenoxy) is 2. The van der Waals surface area contributed by atoms with Gasteiger partial charge in [0.15, 0.2) is 0 Å². The first-order chi connectivity index (χ1) is 18.5. The van der Waals surface area contributed by atoms with Crippen molar-refractivity contribution in [3.8, 4) is 11.1 Å². The van der Waals surface area contributed by atoms with Gasteiger partial charge in [-0.25, -0.2) is 4.79 Å². The van der Waals surface area contributed by atoms with Gasteiger partial charge >= 0.3 is 5.97 Å². The minimum absolute atomic E-state index is 0.196. The van der Waals surface area contributed by atoms with E-state index >= 15 is 0 Å². The number of carbonyl (C=O) groups is 3. The number of benzene rings is 3. The second kappa shape index (κ2) is 12.9. The highest BCUT2D eigenvalue weighted by molar-refractivity contribution is 6.02. The van der Waals surface area contributed by atoms with E-state index in [4.69, 9.17) is 9.47 Å². The third-order valence-electron chi connectivity index (χ3n) is 5.75. The summed E-state index contributed by atoms with van der Waals surface area (Å²) in [5.41, 5.74) is 3.96. The second-order valence-electron chi connectivity index (χ2n) is 8.35. The zero-order valence-corrected chi connectivity index (χ0v) is 20.8. The van der Waals surface area contributed by atoms with Gasteiger partial charge in [-0.05, 0) is 46.5 Å². The van der Waals surface area contributed by atoms with Crippen molar-refractivity contribution < 1.29 is 23.9 Å². The molecule has 38 heavy (non-hydrogen) atoms. The molecule has 4 rings (SSSR count). The van der Waals surface area contributed by atoms with E-state index in [1.807, 2.05) is 72.8 Å². The molecule has 192 valence electrons. The van der Waals surface area contributed by atoms with Crippen molar-refractivity contribution >= 4 is 23.5 Å². The molecule has 8 heteroatoms. The lowest BCUT2D eigenvalue weighted by molar-refractivity contribution is -0.129. The van der Waals surface area contributed by atoms with Crippen molar-refractivity contribution in [3.05, 3.63) is 120 Å². The van der Waals surface area contributed by atoms with Gasteiger partial charge in [-0.2, -0.15) is 0 Å². The third kappa shape index (κ3) is 6.89. The Bertz CT molecular complexity index is 1340. The number of esters is 1. The molecule has 4 aromatic rings. The van der Waals surface area contributed by atoms with E-state index in [1.165, 1.54) is 7.11 Å². The monoisotopic (exact) mass is 509 g/mol. The molecule has 0 aliphatic carbocycles. The van der Waals surface area contributed by atoms with Gasteiger partial charge < -0.3 is 20.1 Å². The van der Waals surface area contributed by atoms with Crippen LogP contribution in [0.4, 0.5) is 5.69 Å². The van der Waals surface area contributed by atoms with Crippen LogP contribution in [0.1, 0.15) is 27.5 Å². The van der Waals surface area contributed by atoms with Crippen LogP contribution in [0.3, 0.4) is 0 Å². The van der Waals surface area contributed by atoms with Crippen molar-refractivity contribution in [2.45, 2.75) is 6.04 Å². The predicted molar refractivity (Wildman–Crippen MR) is 143 cm³/mol. The number of nitrogens with zero attached hydrogens (tertiary/aromatic N) is 1. The Kier molecular flexibility index (Phi) is 8.93. The Labute approximate surface area is 220 Å². The summed E-state index contributed by atoms with van der Waals surface area (Å²) in [7, 11) is 1.27. The van der Waals surface area contributed by atoms with Crippen LogP contribution in [0.5, 0.6) is 0 Å². The highest BCUT2D eigenvalue weighted by atomic mass is 16.5. The molecule has 0 bridgehead atoms. The molecule has 0 aliphatic rings. The lowest BCUT2D eigenvalue weighted by atomic mass is 9.99. The molecular formula is C30H27N3O5. The topological polar surface area (TPSA) is 107 Å². The lowest BCUT2D eigenvalue weighted by Crippen LogP contribution is -2.33. The molecule has 0 atom stereocenters. The van der Waals surface area contributed by atoms with Crippen molar-refractivity contribution in [2.24, 2.45) is 0 Å². The predicted octanol–water partition coefficient (Wildman–Crippen LogP) is 4.40. The number of pyridine rings is 1. The molecular weight excluding hydrogens is 482 g/mol. The van der Waals surface area contributed by atoms with E-state index in [1.54, 1.807) is 30.6 Å². The summed E-state index contributed by atoms with van der Waals surface area (Å²) >= 11 is 0. The van der Waals surface area contributed by atoms with Crippen LogP contribution in [0.2, 0.25) is 0 Å². The number of nitrogens with one attached hydrogen (secondary N) is 2. The summed E-state index contributed by atoms with van der Waals surface area (Å²) < 4.78 is 10.3. The number of methoxy groups -OCH3 is 1. The van der Waals surface area contributed by atoms with Crippen LogP contribution in [-0.4, -0.2) is 43.1 Å².